The summed E-state index contributed by atoms with van der Waals surface area (Å²) in [5, 5.41) is 0. The van der Waals surface area contributed by atoms with E-state index < -0.39 is 17.7 Å². The summed E-state index contributed by atoms with van der Waals surface area (Å²) in [7, 11) is 0. The van der Waals surface area contributed by atoms with Crippen molar-refractivity contribution in [2.75, 3.05) is 0 Å². The Morgan fingerprint density at radius 3 is 2.10 bits per heavy atom. The first kappa shape index (κ1) is 14.7. The Labute approximate surface area is 118 Å². The first-order valence-electron chi connectivity index (χ1n) is 6.89. The summed E-state index contributed by atoms with van der Waals surface area (Å²) < 4.78 is 27.6. The molecule has 0 radical (unpaired) electrons. The van der Waals surface area contributed by atoms with Crippen LogP contribution >= 0.6 is 0 Å². The second-order valence-corrected chi connectivity index (χ2v) is 4.85. The maximum Gasteiger partial charge on any atom is 0.131 e. The highest BCUT2D eigenvalue weighted by atomic mass is 19.1. The number of rotatable bonds is 4. The van der Waals surface area contributed by atoms with Crippen LogP contribution in [-0.2, 0) is 12.8 Å². The Hall–Kier alpha value is -1.74. The molecule has 0 amide bonds. The van der Waals surface area contributed by atoms with Crippen molar-refractivity contribution in [2.45, 2.75) is 32.7 Å². The fourth-order valence-electron chi connectivity index (χ4n) is 2.49. The van der Waals surface area contributed by atoms with Gasteiger partial charge in [-0.15, -0.1) is 0 Å². The molecule has 0 heterocycles. The molecule has 2 aromatic rings. The number of aryl methyl sites for hydroxylation is 2. The van der Waals surface area contributed by atoms with Gasteiger partial charge in [0.15, 0.2) is 0 Å². The van der Waals surface area contributed by atoms with Crippen molar-refractivity contribution in [3.05, 3.63) is 70.3 Å². The molecule has 1 nitrogen and oxygen atoms in total. The van der Waals surface area contributed by atoms with Gasteiger partial charge in [0.1, 0.15) is 11.6 Å². The van der Waals surface area contributed by atoms with Gasteiger partial charge in [0.2, 0.25) is 0 Å². The first-order chi connectivity index (χ1) is 9.58. The van der Waals surface area contributed by atoms with Crippen LogP contribution in [0.1, 0.15) is 42.1 Å². The van der Waals surface area contributed by atoms with Crippen molar-refractivity contribution in [1.82, 2.24) is 0 Å². The van der Waals surface area contributed by atoms with E-state index in [9.17, 15) is 8.78 Å². The molecule has 0 aliphatic rings. The molecule has 0 aliphatic carbocycles. The number of hydrogen-bond acceptors (Lipinski definition) is 1. The molecule has 0 spiro atoms. The summed E-state index contributed by atoms with van der Waals surface area (Å²) in [6, 6.07) is 8.83. The minimum atomic E-state index is -0.785. The van der Waals surface area contributed by atoms with E-state index in [0.717, 1.165) is 18.4 Å². The van der Waals surface area contributed by atoms with Gasteiger partial charge in [-0.2, -0.15) is 0 Å². The lowest BCUT2D eigenvalue weighted by Gasteiger charge is -2.17. The highest BCUT2D eigenvalue weighted by molar-refractivity contribution is 5.38. The zero-order valence-electron chi connectivity index (χ0n) is 11.8. The van der Waals surface area contributed by atoms with Crippen molar-refractivity contribution in [3.8, 4) is 0 Å². The Morgan fingerprint density at radius 1 is 0.950 bits per heavy atom. The van der Waals surface area contributed by atoms with Gasteiger partial charge in [0, 0.05) is 5.56 Å². The third-order valence-corrected chi connectivity index (χ3v) is 3.66. The molecule has 20 heavy (non-hydrogen) atoms. The number of benzene rings is 2. The van der Waals surface area contributed by atoms with Crippen molar-refractivity contribution in [2.24, 2.45) is 5.73 Å². The van der Waals surface area contributed by atoms with Crippen LogP contribution in [0.3, 0.4) is 0 Å². The molecule has 0 bridgehead atoms. The first-order valence-corrected chi connectivity index (χ1v) is 6.89. The van der Waals surface area contributed by atoms with Gasteiger partial charge in [-0.1, -0.05) is 38.1 Å². The second kappa shape index (κ2) is 6.14. The third kappa shape index (κ3) is 2.73. The van der Waals surface area contributed by atoms with Crippen LogP contribution in [0.15, 0.2) is 36.4 Å². The monoisotopic (exact) mass is 275 g/mol. The summed E-state index contributed by atoms with van der Waals surface area (Å²) in [5.74, 6) is -1.20. The Balaban J connectivity index is 2.46. The van der Waals surface area contributed by atoms with E-state index >= 15 is 0 Å². The molecule has 0 aliphatic heterocycles. The zero-order valence-corrected chi connectivity index (χ0v) is 11.8. The fourth-order valence-corrected chi connectivity index (χ4v) is 2.49. The van der Waals surface area contributed by atoms with E-state index in [1.54, 1.807) is 0 Å². The molecular weight excluding hydrogens is 256 g/mol. The van der Waals surface area contributed by atoms with Crippen molar-refractivity contribution in [3.63, 3.8) is 0 Å². The van der Waals surface area contributed by atoms with E-state index in [2.05, 4.69) is 13.8 Å². The van der Waals surface area contributed by atoms with Crippen molar-refractivity contribution >= 4 is 0 Å². The maximum atomic E-state index is 13.8. The molecular formula is C17H19F2N. The van der Waals surface area contributed by atoms with Gasteiger partial charge in [-0.05, 0) is 41.7 Å². The molecule has 0 fully saturated rings. The lowest BCUT2D eigenvalue weighted by molar-refractivity contribution is 0.543. The highest BCUT2D eigenvalue weighted by Crippen LogP contribution is 2.26. The van der Waals surface area contributed by atoms with Crippen molar-refractivity contribution in [1.29, 1.82) is 0 Å². The lowest BCUT2D eigenvalue weighted by atomic mass is 9.93. The summed E-state index contributed by atoms with van der Waals surface area (Å²) in [6.45, 7) is 4.15. The molecule has 0 saturated carbocycles. The van der Waals surface area contributed by atoms with E-state index in [4.69, 9.17) is 5.73 Å². The highest BCUT2D eigenvalue weighted by Gasteiger charge is 2.18. The molecule has 1 unspecified atom stereocenters. The van der Waals surface area contributed by atoms with Crippen LogP contribution in [-0.4, -0.2) is 0 Å². The Kier molecular flexibility index (Phi) is 4.50. The maximum absolute atomic E-state index is 13.8. The van der Waals surface area contributed by atoms with Crippen LogP contribution in [0.4, 0.5) is 8.78 Å². The zero-order chi connectivity index (χ0) is 14.7. The second-order valence-electron chi connectivity index (χ2n) is 4.85. The van der Waals surface area contributed by atoms with Gasteiger partial charge >= 0.3 is 0 Å². The van der Waals surface area contributed by atoms with Gasteiger partial charge < -0.3 is 5.73 Å². The smallest absolute Gasteiger partial charge is 0.131 e. The molecule has 2 rings (SSSR count). The third-order valence-electron chi connectivity index (χ3n) is 3.66. The standard InChI is InChI=1S/C17H19F2N/c1-3-11-8-9-13(10-12(11)4-2)17(20)16-14(18)6-5-7-15(16)19/h5-10,17H,3-4,20H2,1-2H3. The predicted molar refractivity (Wildman–Crippen MR) is 77.6 cm³/mol. The molecule has 0 aromatic heterocycles. The SMILES string of the molecule is CCc1ccc(C(N)c2c(F)cccc2F)cc1CC. The van der Waals surface area contributed by atoms with E-state index in [1.807, 2.05) is 18.2 Å². The normalized spacial score (nSPS) is 12.4. The van der Waals surface area contributed by atoms with Crippen LogP contribution in [0.25, 0.3) is 0 Å². The molecule has 106 valence electrons. The van der Waals surface area contributed by atoms with E-state index in [1.165, 1.54) is 29.3 Å². The minimum Gasteiger partial charge on any atom is -0.320 e. The average Bonchev–Trinajstić information content (AvgIpc) is 2.46. The largest absolute Gasteiger partial charge is 0.320 e. The van der Waals surface area contributed by atoms with Gasteiger partial charge in [0.05, 0.1) is 6.04 Å². The Morgan fingerprint density at radius 2 is 1.55 bits per heavy atom. The molecule has 2 N–H and O–H groups in total. The van der Waals surface area contributed by atoms with Crippen LogP contribution in [0.5, 0.6) is 0 Å². The van der Waals surface area contributed by atoms with Crippen molar-refractivity contribution < 1.29 is 8.78 Å². The van der Waals surface area contributed by atoms with Gasteiger partial charge in [-0.25, -0.2) is 8.78 Å². The van der Waals surface area contributed by atoms with E-state index in [-0.39, 0.29) is 5.56 Å². The van der Waals surface area contributed by atoms with E-state index in [0.29, 0.717) is 0 Å². The number of hydrogen-bond donors (Lipinski definition) is 1. The predicted octanol–water partition coefficient (Wildman–Crippen LogP) is 4.14. The van der Waals surface area contributed by atoms with Crippen LogP contribution < -0.4 is 5.73 Å². The van der Waals surface area contributed by atoms with Gasteiger partial charge in [0.25, 0.3) is 0 Å². The molecule has 2 aromatic carbocycles. The Bertz CT molecular complexity index is 588. The van der Waals surface area contributed by atoms with Crippen LogP contribution in [0, 0.1) is 11.6 Å². The summed E-state index contributed by atoms with van der Waals surface area (Å²) >= 11 is 0. The summed E-state index contributed by atoms with van der Waals surface area (Å²) in [5.41, 5.74) is 9.15. The minimum absolute atomic E-state index is 0.0706. The number of nitrogens with two attached hydrogens (primary N) is 1. The lowest BCUT2D eigenvalue weighted by Crippen LogP contribution is -2.16. The topological polar surface area (TPSA) is 26.0 Å². The molecule has 0 saturated heterocycles. The number of halogens is 2. The summed E-state index contributed by atoms with van der Waals surface area (Å²) in [6.07, 6.45) is 1.82. The molecule has 1 atom stereocenters. The summed E-state index contributed by atoms with van der Waals surface area (Å²) in [4.78, 5) is 0. The quantitative estimate of drug-likeness (QED) is 0.891. The average molecular weight is 275 g/mol. The van der Waals surface area contributed by atoms with Crippen LogP contribution in [0.2, 0.25) is 0 Å². The fraction of sp³-hybridized carbons (Fsp3) is 0.294. The molecule has 3 heteroatoms. The van der Waals surface area contributed by atoms with Gasteiger partial charge in [-0.3, -0.25) is 0 Å².